The first kappa shape index (κ1) is 23.1. The Morgan fingerprint density at radius 1 is 1.03 bits per heavy atom. The molecule has 0 saturated heterocycles. The Morgan fingerprint density at radius 3 is 2.53 bits per heavy atom. The lowest BCUT2D eigenvalue weighted by Crippen LogP contribution is -2.05. The molecular formula is C29H26N4O3. The molecule has 0 fully saturated rings. The van der Waals surface area contributed by atoms with Crippen LogP contribution in [0.1, 0.15) is 35.3 Å². The first-order valence-corrected chi connectivity index (χ1v) is 11.9. The summed E-state index contributed by atoms with van der Waals surface area (Å²) in [5.74, 6) is 0.481. The van der Waals surface area contributed by atoms with Gasteiger partial charge in [-0.05, 0) is 50.2 Å². The van der Waals surface area contributed by atoms with Crippen molar-refractivity contribution in [1.29, 1.82) is 0 Å². The van der Waals surface area contributed by atoms with Crippen LogP contribution in [-0.4, -0.2) is 37.9 Å². The Balaban J connectivity index is 1.60. The molecule has 0 bridgehead atoms. The molecule has 5 rings (SSSR count). The lowest BCUT2D eigenvalue weighted by atomic mass is 10.00. The van der Waals surface area contributed by atoms with Crippen LogP contribution in [-0.2, 0) is 11.3 Å². The van der Waals surface area contributed by atoms with Crippen molar-refractivity contribution in [2.24, 2.45) is 4.99 Å². The second kappa shape index (κ2) is 9.92. The summed E-state index contributed by atoms with van der Waals surface area (Å²) in [4.78, 5) is 24.6. The van der Waals surface area contributed by atoms with E-state index >= 15 is 0 Å². The third-order valence-corrected chi connectivity index (χ3v) is 6.00. The van der Waals surface area contributed by atoms with Gasteiger partial charge in [0.25, 0.3) is 0 Å². The number of imidazole rings is 1. The van der Waals surface area contributed by atoms with Gasteiger partial charge in [-0.2, -0.15) is 0 Å². The van der Waals surface area contributed by atoms with E-state index < -0.39 is 5.97 Å². The van der Waals surface area contributed by atoms with Gasteiger partial charge in [-0.1, -0.05) is 36.4 Å². The Bertz CT molecular complexity index is 1550. The van der Waals surface area contributed by atoms with Crippen LogP contribution >= 0.6 is 0 Å². The molecule has 0 aliphatic carbocycles. The van der Waals surface area contributed by atoms with Gasteiger partial charge in [0.15, 0.2) is 5.88 Å². The SMILES string of the molecule is CCOC(=O)c1ccc2c(C(=Nc3ccc(-c4nccn4CC)cc3)c3ccccc3)c(O)[nH]c2c1. The highest BCUT2D eigenvalue weighted by Gasteiger charge is 2.20. The smallest absolute Gasteiger partial charge is 0.338 e. The number of aryl methyl sites for hydroxylation is 1. The predicted molar refractivity (Wildman–Crippen MR) is 141 cm³/mol. The van der Waals surface area contributed by atoms with Gasteiger partial charge in [-0.15, -0.1) is 0 Å². The monoisotopic (exact) mass is 478 g/mol. The fourth-order valence-corrected chi connectivity index (χ4v) is 4.26. The number of aromatic nitrogens is 3. The van der Waals surface area contributed by atoms with Gasteiger partial charge in [-0.3, -0.25) is 0 Å². The van der Waals surface area contributed by atoms with Gasteiger partial charge in [0.1, 0.15) is 5.82 Å². The Labute approximate surface area is 208 Å². The highest BCUT2D eigenvalue weighted by Crippen LogP contribution is 2.32. The largest absolute Gasteiger partial charge is 0.494 e. The molecule has 0 aliphatic heterocycles. The molecule has 5 aromatic rings. The number of fused-ring (bicyclic) bond motifs is 1. The molecule has 36 heavy (non-hydrogen) atoms. The quantitative estimate of drug-likeness (QED) is 0.218. The van der Waals surface area contributed by atoms with E-state index in [1.54, 1.807) is 31.3 Å². The molecule has 7 heteroatoms. The van der Waals surface area contributed by atoms with Crippen LogP contribution in [0.25, 0.3) is 22.3 Å². The molecule has 0 unspecified atom stereocenters. The predicted octanol–water partition coefficient (Wildman–Crippen LogP) is 6.10. The molecule has 0 spiro atoms. The number of hydrogen-bond donors (Lipinski definition) is 2. The van der Waals surface area contributed by atoms with Crippen molar-refractivity contribution >= 4 is 28.3 Å². The number of nitrogens with one attached hydrogen (secondary N) is 1. The average molecular weight is 479 g/mol. The molecule has 7 nitrogen and oxygen atoms in total. The third kappa shape index (κ3) is 4.38. The van der Waals surface area contributed by atoms with Crippen LogP contribution in [0.15, 0.2) is 90.2 Å². The minimum Gasteiger partial charge on any atom is -0.494 e. The van der Waals surface area contributed by atoms with E-state index in [-0.39, 0.29) is 5.88 Å². The second-order valence-corrected chi connectivity index (χ2v) is 8.24. The zero-order chi connectivity index (χ0) is 25.1. The third-order valence-electron chi connectivity index (χ3n) is 6.00. The summed E-state index contributed by atoms with van der Waals surface area (Å²) in [7, 11) is 0. The van der Waals surface area contributed by atoms with Crippen molar-refractivity contribution in [2.45, 2.75) is 20.4 Å². The maximum atomic E-state index is 12.2. The van der Waals surface area contributed by atoms with Gasteiger partial charge >= 0.3 is 5.97 Å². The molecular weight excluding hydrogens is 452 g/mol. The van der Waals surface area contributed by atoms with Gasteiger partial charge in [0.05, 0.1) is 29.1 Å². The molecule has 0 amide bonds. The van der Waals surface area contributed by atoms with E-state index in [1.807, 2.05) is 60.8 Å². The van der Waals surface area contributed by atoms with Crippen molar-refractivity contribution in [1.82, 2.24) is 14.5 Å². The highest BCUT2D eigenvalue weighted by molar-refractivity contribution is 6.22. The van der Waals surface area contributed by atoms with E-state index in [2.05, 4.69) is 21.5 Å². The number of aliphatic imine (C=N–C) groups is 1. The summed E-state index contributed by atoms with van der Waals surface area (Å²) in [5, 5.41) is 11.7. The molecule has 0 atom stereocenters. The fraction of sp³-hybridized carbons (Fsp3) is 0.138. The molecule has 0 saturated carbocycles. The lowest BCUT2D eigenvalue weighted by Gasteiger charge is -2.09. The lowest BCUT2D eigenvalue weighted by molar-refractivity contribution is 0.0526. The first-order valence-electron chi connectivity index (χ1n) is 11.9. The molecule has 0 aliphatic rings. The standard InChI is InChI=1S/C29H26N4O3/c1-3-33-17-16-30-27(33)20-10-13-22(14-11-20)31-26(19-8-6-5-7-9-19)25-23-15-12-21(29(35)36-4-2)18-24(23)32-28(25)34/h5-18,32,34H,3-4H2,1-2H3. The van der Waals surface area contributed by atoms with E-state index in [4.69, 9.17) is 9.73 Å². The molecule has 0 radical (unpaired) electrons. The second-order valence-electron chi connectivity index (χ2n) is 8.24. The Hall–Kier alpha value is -4.65. The van der Waals surface area contributed by atoms with Gasteiger partial charge in [0, 0.05) is 41.0 Å². The summed E-state index contributed by atoms with van der Waals surface area (Å²) in [5.41, 5.74) is 4.82. The van der Waals surface area contributed by atoms with Crippen LogP contribution in [0.2, 0.25) is 0 Å². The average Bonchev–Trinajstić information content (AvgIpc) is 3.51. The number of nitrogens with zero attached hydrogens (tertiary/aromatic N) is 3. The van der Waals surface area contributed by atoms with Gasteiger partial charge in [-0.25, -0.2) is 14.8 Å². The number of esters is 1. The zero-order valence-electron chi connectivity index (χ0n) is 20.1. The molecule has 2 heterocycles. The normalized spacial score (nSPS) is 11.7. The summed E-state index contributed by atoms with van der Waals surface area (Å²) in [6, 6.07) is 22.8. The van der Waals surface area contributed by atoms with Crippen molar-refractivity contribution in [3.05, 3.63) is 102 Å². The summed E-state index contributed by atoms with van der Waals surface area (Å²) < 4.78 is 7.20. The van der Waals surface area contributed by atoms with E-state index in [1.165, 1.54) is 0 Å². The molecule has 2 aromatic heterocycles. The van der Waals surface area contributed by atoms with Crippen molar-refractivity contribution in [2.75, 3.05) is 6.61 Å². The number of rotatable bonds is 7. The molecule has 3 aromatic carbocycles. The van der Waals surface area contributed by atoms with Crippen LogP contribution < -0.4 is 0 Å². The van der Waals surface area contributed by atoms with Crippen LogP contribution in [0.4, 0.5) is 5.69 Å². The van der Waals surface area contributed by atoms with Crippen LogP contribution in [0.3, 0.4) is 0 Å². The number of H-pyrrole nitrogens is 1. The van der Waals surface area contributed by atoms with Crippen LogP contribution in [0, 0.1) is 0 Å². The van der Waals surface area contributed by atoms with Gasteiger partial charge in [0.2, 0.25) is 0 Å². The number of carbonyl (C=O) groups is 1. The number of aromatic hydroxyl groups is 1. The number of ether oxygens (including phenoxy) is 1. The highest BCUT2D eigenvalue weighted by atomic mass is 16.5. The zero-order valence-corrected chi connectivity index (χ0v) is 20.1. The molecule has 2 N–H and O–H groups in total. The van der Waals surface area contributed by atoms with Crippen molar-refractivity contribution in [3.8, 4) is 17.3 Å². The van der Waals surface area contributed by atoms with E-state index in [0.717, 1.165) is 34.6 Å². The number of hydrogen-bond acceptors (Lipinski definition) is 5. The summed E-state index contributed by atoms with van der Waals surface area (Å²) in [6.45, 7) is 4.98. The fourth-order valence-electron chi connectivity index (χ4n) is 4.26. The summed E-state index contributed by atoms with van der Waals surface area (Å²) in [6.07, 6.45) is 3.76. The Morgan fingerprint density at radius 2 is 1.81 bits per heavy atom. The van der Waals surface area contributed by atoms with E-state index in [9.17, 15) is 9.90 Å². The Kier molecular flexibility index (Phi) is 6.36. The summed E-state index contributed by atoms with van der Waals surface area (Å²) >= 11 is 0. The number of carbonyl (C=O) groups excluding carboxylic acids is 1. The van der Waals surface area contributed by atoms with Gasteiger partial charge < -0.3 is 19.4 Å². The number of benzene rings is 3. The minimum absolute atomic E-state index is 0.0183. The topological polar surface area (TPSA) is 92.5 Å². The first-order chi connectivity index (χ1) is 17.6. The minimum atomic E-state index is -0.407. The maximum absolute atomic E-state index is 12.2. The van der Waals surface area contributed by atoms with E-state index in [0.29, 0.717) is 29.0 Å². The molecule has 180 valence electrons. The van der Waals surface area contributed by atoms with Crippen LogP contribution in [0.5, 0.6) is 5.88 Å². The van der Waals surface area contributed by atoms with Crippen molar-refractivity contribution in [3.63, 3.8) is 0 Å². The van der Waals surface area contributed by atoms with Crippen molar-refractivity contribution < 1.29 is 14.6 Å². The number of aromatic amines is 1. The maximum Gasteiger partial charge on any atom is 0.338 e.